The van der Waals surface area contributed by atoms with Gasteiger partial charge in [-0.2, -0.15) is 0 Å². The molecule has 1 rings (SSSR count). The Kier molecular flexibility index (Phi) is 6.45. The number of piperidine rings is 1. The smallest absolute Gasteiger partial charge is 0.0743 e. The summed E-state index contributed by atoms with van der Waals surface area (Å²) in [6, 6.07) is 0.628. The topological polar surface area (TPSA) is 35.5 Å². The van der Waals surface area contributed by atoms with Crippen molar-refractivity contribution in [2.24, 2.45) is 0 Å². The van der Waals surface area contributed by atoms with E-state index < -0.39 is 5.60 Å². The molecule has 0 aromatic rings. The van der Waals surface area contributed by atoms with Crippen LogP contribution in [0.5, 0.6) is 0 Å². The van der Waals surface area contributed by atoms with Crippen molar-refractivity contribution >= 4 is 0 Å². The molecule has 2 unspecified atom stereocenters. The summed E-state index contributed by atoms with van der Waals surface area (Å²) in [5.74, 6) is 0. The van der Waals surface area contributed by atoms with Crippen molar-refractivity contribution in [3.8, 4) is 0 Å². The Balaban J connectivity index is 2.41. The standard InChI is InChI=1S/C14H30N2O/c1-4-10-16(12-14(3,17)5-2)11-13-8-6-7-9-15-13/h13,15,17H,4-12H2,1-3H3. The van der Waals surface area contributed by atoms with Crippen LogP contribution in [0.15, 0.2) is 0 Å². The van der Waals surface area contributed by atoms with Crippen LogP contribution in [0.3, 0.4) is 0 Å². The highest BCUT2D eigenvalue weighted by molar-refractivity contribution is 4.81. The number of hydrogen-bond donors (Lipinski definition) is 2. The van der Waals surface area contributed by atoms with Crippen molar-refractivity contribution in [1.29, 1.82) is 0 Å². The van der Waals surface area contributed by atoms with Crippen molar-refractivity contribution < 1.29 is 5.11 Å². The Hall–Kier alpha value is -0.120. The molecule has 3 nitrogen and oxygen atoms in total. The fourth-order valence-corrected chi connectivity index (χ4v) is 2.54. The lowest BCUT2D eigenvalue weighted by molar-refractivity contribution is 0.0130. The number of rotatable bonds is 7. The number of nitrogens with zero attached hydrogens (tertiary/aromatic N) is 1. The molecule has 0 aliphatic carbocycles. The minimum absolute atomic E-state index is 0.538. The molecule has 3 heteroatoms. The number of nitrogens with one attached hydrogen (secondary N) is 1. The maximum absolute atomic E-state index is 10.2. The van der Waals surface area contributed by atoms with Gasteiger partial charge in [0.1, 0.15) is 0 Å². The van der Waals surface area contributed by atoms with Crippen molar-refractivity contribution in [3.05, 3.63) is 0 Å². The molecular weight excluding hydrogens is 212 g/mol. The zero-order chi connectivity index (χ0) is 12.7. The third-order valence-corrected chi connectivity index (χ3v) is 3.76. The molecular formula is C14H30N2O. The number of hydrogen-bond acceptors (Lipinski definition) is 3. The molecule has 2 N–H and O–H groups in total. The van der Waals surface area contributed by atoms with E-state index in [2.05, 4.69) is 24.1 Å². The van der Waals surface area contributed by atoms with E-state index in [1.54, 1.807) is 0 Å². The highest BCUT2D eigenvalue weighted by Crippen LogP contribution is 2.14. The van der Waals surface area contributed by atoms with Gasteiger partial charge in [-0.05, 0) is 45.7 Å². The Labute approximate surface area is 107 Å². The monoisotopic (exact) mass is 242 g/mol. The molecule has 17 heavy (non-hydrogen) atoms. The molecule has 1 fully saturated rings. The van der Waals surface area contributed by atoms with Crippen LogP contribution in [0.1, 0.15) is 52.9 Å². The van der Waals surface area contributed by atoms with Crippen LogP contribution in [0.2, 0.25) is 0 Å². The fraction of sp³-hybridized carbons (Fsp3) is 1.00. The predicted octanol–water partition coefficient (Wildman–Crippen LogP) is 2.00. The first-order chi connectivity index (χ1) is 8.07. The first kappa shape index (κ1) is 14.9. The minimum Gasteiger partial charge on any atom is -0.389 e. The first-order valence-electron chi connectivity index (χ1n) is 7.25. The normalized spacial score (nSPS) is 24.9. The van der Waals surface area contributed by atoms with E-state index in [1.165, 1.54) is 19.3 Å². The molecule has 0 radical (unpaired) electrons. The summed E-state index contributed by atoms with van der Waals surface area (Å²) in [6.45, 7) is 10.4. The van der Waals surface area contributed by atoms with Gasteiger partial charge in [-0.3, -0.25) is 4.90 Å². The molecule has 0 aromatic carbocycles. The Bertz CT molecular complexity index is 200. The second-order valence-corrected chi connectivity index (χ2v) is 5.73. The first-order valence-corrected chi connectivity index (χ1v) is 7.25. The summed E-state index contributed by atoms with van der Waals surface area (Å²) >= 11 is 0. The predicted molar refractivity (Wildman–Crippen MR) is 73.3 cm³/mol. The quantitative estimate of drug-likeness (QED) is 0.717. The molecule has 1 heterocycles. The molecule has 1 aliphatic heterocycles. The van der Waals surface area contributed by atoms with Crippen LogP contribution in [-0.2, 0) is 0 Å². The van der Waals surface area contributed by atoms with E-state index in [-0.39, 0.29) is 0 Å². The van der Waals surface area contributed by atoms with Crippen LogP contribution in [-0.4, -0.2) is 47.8 Å². The van der Waals surface area contributed by atoms with Crippen LogP contribution < -0.4 is 5.32 Å². The molecule has 102 valence electrons. The second-order valence-electron chi connectivity index (χ2n) is 5.73. The Morgan fingerprint density at radius 2 is 2.12 bits per heavy atom. The van der Waals surface area contributed by atoms with Crippen LogP contribution >= 0.6 is 0 Å². The molecule has 0 amide bonds. The van der Waals surface area contributed by atoms with Crippen molar-refractivity contribution in [2.45, 2.75) is 64.5 Å². The lowest BCUT2D eigenvalue weighted by atomic mass is 10.0. The molecule has 0 aromatic heterocycles. The Morgan fingerprint density at radius 1 is 1.35 bits per heavy atom. The minimum atomic E-state index is -0.538. The van der Waals surface area contributed by atoms with Crippen molar-refractivity contribution in [1.82, 2.24) is 10.2 Å². The summed E-state index contributed by atoms with van der Waals surface area (Å²) in [5.41, 5.74) is -0.538. The second kappa shape index (κ2) is 7.34. The highest BCUT2D eigenvalue weighted by Gasteiger charge is 2.24. The Morgan fingerprint density at radius 3 is 2.65 bits per heavy atom. The maximum Gasteiger partial charge on any atom is 0.0743 e. The third kappa shape index (κ3) is 5.84. The van der Waals surface area contributed by atoms with Gasteiger partial charge in [0.25, 0.3) is 0 Å². The number of aliphatic hydroxyl groups is 1. The average Bonchev–Trinajstić information content (AvgIpc) is 2.30. The maximum atomic E-state index is 10.2. The molecule has 0 spiro atoms. The van der Waals surface area contributed by atoms with Gasteiger partial charge in [0.15, 0.2) is 0 Å². The summed E-state index contributed by atoms with van der Waals surface area (Å²) in [7, 11) is 0. The van der Waals surface area contributed by atoms with Gasteiger partial charge in [0.2, 0.25) is 0 Å². The van der Waals surface area contributed by atoms with Gasteiger partial charge >= 0.3 is 0 Å². The van der Waals surface area contributed by atoms with E-state index >= 15 is 0 Å². The zero-order valence-electron chi connectivity index (χ0n) is 11.8. The van der Waals surface area contributed by atoms with Crippen molar-refractivity contribution in [2.75, 3.05) is 26.2 Å². The van der Waals surface area contributed by atoms with Crippen LogP contribution in [0.4, 0.5) is 0 Å². The summed E-state index contributed by atoms with van der Waals surface area (Å²) in [4.78, 5) is 2.42. The van der Waals surface area contributed by atoms with Crippen LogP contribution in [0.25, 0.3) is 0 Å². The highest BCUT2D eigenvalue weighted by atomic mass is 16.3. The van der Waals surface area contributed by atoms with Gasteiger partial charge in [-0.25, -0.2) is 0 Å². The summed E-state index contributed by atoms with van der Waals surface area (Å²) in [6.07, 6.45) is 5.94. The van der Waals surface area contributed by atoms with Crippen LogP contribution in [0, 0.1) is 0 Å². The molecule has 1 aliphatic rings. The van der Waals surface area contributed by atoms with Gasteiger partial charge in [-0.1, -0.05) is 20.3 Å². The lowest BCUT2D eigenvalue weighted by Crippen LogP contribution is -2.48. The molecule has 1 saturated heterocycles. The SMILES string of the molecule is CCCN(CC1CCCCN1)CC(C)(O)CC. The van der Waals surface area contributed by atoms with E-state index in [0.717, 1.165) is 39.0 Å². The zero-order valence-corrected chi connectivity index (χ0v) is 11.8. The lowest BCUT2D eigenvalue weighted by Gasteiger charge is -2.34. The van der Waals surface area contributed by atoms with Gasteiger partial charge < -0.3 is 10.4 Å². The third-order valence-electron chi connectivity index (χ3n) is 3.76. The van der Waals surface area contributed by atoms with E-state index in [9.17, 15) is 5.11 Å². The molecule has 2 atom stereocenters. The van der Waals surface area contributed by atoms with E-state index in [4.69, 9.17) is 0 Å². The van der Waals surface area contributed by atoms with Gasteiger partial charge in [-0.15, -0.1) is 0 Å². The van der Waals surface area contributed by atoms with E-state index in [1.807, 2.05) is 6.92 Å². The molecule has 0 bridgehead atoms. The summed E-state index contributed by atoms with van der Waals surface area (Å²) < 4.78 is 0. The summed E-state index contributed by atoms with van der Waals surface area (Å²) in [5, 5.41) is 13.8. The van der Waals surface area contributed by atoms with E-state index in [0.29, 0.717) is 6.04 Å². The van der Waals surface area contributed by atoms with Gasteiger partial charge in [0.05, 0.1) is 5.60 Å². The average molecular weight is 242 g/mol. The fourth-order valence-electron chi connectivity index (χ4n) is 2.54. The van der Waals surface area contributed by atoms with Crippen molar-refractivity contribution in [3.63, 3.8) is 0 Å². The van der Waals surface area contributed by atoms with Gasteiger partial charge in [0, 0.05) is 19.1 Å². The largest absolute Gasteiger partial charge is 0.389 e. The molecule has 0 saturated carbocycles.